The predicted octanol–water partition coefficient (Wildman–Crippen LogP) is 1.11. The van der Waals surface area contributed by atoms with Crippen molar-refractivity contribution in [2.75, 3.05) is 7.05 Å². The van der Waals surface area contributed by atoms with Crippen LogP contribution in [0.3, 0.4) is 0 Å². The Morgan fingerprint density at radius 2 is 1.81 bits per heavy atom. The fourth-order valence-electron chi connectivity index (χ4n) is 2.62. The average Bonchev–Trinajstić information content (AvgIpc) is 3.00. The van der Waals surface area contributed by atoms with E-state index in [1.807, 2.05) is 51.2 Å². The number of nitrogens with one attached hydrogen (secondary N) is 3. The van der Waals surface area contributed by atoms with Gasteiger partial charge in [0, 0.05) is 32.9 Å². The molecular formula is C18H28N6O2S. The molecule has 1 heterocycles. The van der Waals surface area contributed by atoms with Crippen molar-refractivity contribution in [3.8, 4) is 0 Å². The quantitative estimate of drug-likeness (QED) is 0.462. The second-order valence-corrected chi connectivity index (χ2v) is 8.28. The molecule has 0 fully saturated rings. The Kier molecular flexibility index (Phi) is 7.37. The summed E-state index contributed by atoms with van der Waals surface area (Å²) in [5.41, 5.74) is 2.71. The van der Waals surface area contributed by atoms with Crippen LogP contribution in [-0.2, 0) is 35.9 Å². The number of nitrogens with zero attached hydrogens (tertiary/aromatic N) is 3. The van der Waals surface area contributed by atoms with Gasteiger partial charge in [0.05, 0.1) is 18.0 Å². The molecule has 0 bridgehead atoms. The molecule has 0 saturated heterocycles. The van der Waals surface area contributed by atoms with Gasteiger partial charge in [0.15, 0.2) is 5.96 Å². The molecule has 0 aliphatic rings. The Morgan fingerprint density at radius 1 is 1.15 bits per heavy atom. The van der Waals surface area contributed by atoms with E-state index < -0.39 is 10.0 Å². The Hall–Kier alpha value is -2.39. The predicted molar refractivity (Wildman–Crippen MR) is 108 cm³/mol. The van der Waals surface area contributed by atoms with Crippen LogP contribution in [0.1, 0.15) is 30.7 Å². The first kappa shape index (κ1) is 20.9. The maximum absolute atomic E-state index is 12.2. The van der Waals surface area contributed by atoms with Crippen molar-refractivity contribution in [1.82, 2.24) is 25.1 Å². The number of aromatic nitrogens is 2. The molecular weight excluding hydrogens is 364 g/mol. The van der Waals surface area contributed by atoms with Crippen LogP contribution >= 0.6 is 0 Å². The molecule has 0 unspecified atom stereocenters. The van der Waals surface area contributed by atoms with Crippen LogP contribution in [-0.4, -0.2) is 37.2 Å². The monoisotopic (exact) mass is 392 g/mol. The molecule has 0 aliphatic carbocycles. The molecule has 9 heteroatoms. The maximum atomic E-state index is 12.2. The first-order chi connectivity index (χ1) is 12.8. The lowest BCUT2D eigenvalue weighted by Crippen LogP contribution is -2.37. The maximum Gasteiger partial charge on any atom is 0.216 e. The summed E-state index contributed by atoms with van der Waals surface area (Å²) in [5.74, 6) is 0.582. The fraction of sp³-hybridized carbons (Fsp3) is 0.444. The van der Waals surface area contributed by atoms with E-state index >= 15 is 0 Å². The standard InChI is InChI=1S/C18H28N6O2S/c1-14(2)23-27(25,26)13-16-8-6-5-7-15(16)11-20-18(19-3)21-12-17-9-10-22-24(17)4/h5-10,14,23H,11-13H2,1-4H3,(H2,19,20,21). The number of hydrogen-bond acceptors (Lipinski definition) is 4. The van der Waals surface area contributed by atoms with Crippen LogP contribution < -0.4 is 15.4 Å². The first-order valence-electron chi connectivity index (χ1n) is 8.79. The van der Waals surface area contributed by atoms with E-state index in [1.54, 1.807) is 17.9 Å². The molecule has 0 radical (unpaired) electrons. The zero-order valence-corrected chi connectivity index (χ0v) is 17.0. The lowest BCUT2D eigenvalue weighted by Gasteiger charge is -2.15. The summed E-state index contributed by atoms with van der Waals surface area (Å²) in [6.07, 6.45) is 1.75. The number of aryl methyl sites for hydroxylation is 1. The van der Waals surface area contributed by atoms with E-state index in [2.05, 4.69) is 25.4 Å². The van der Waals surface area contributed by atoms with E-state index in [1.165, 1.54) is 0 Å². The second kappa shape index (κ2) is 9.52. The van der Waals surface area contributed by atoms with Crippen molar-refractivity contribution in [3.05, 3.63) is 53.3 Å². The fourth-order valence-corrected chi connectivity index (χ4v) is 4.12. The summed E-state index contributed by atoms with van der Waals surface area (Å²) in [7, 11) is 0.201. The SMILES string of the molecule is CN=C(NCc1ccccc1CS(=O)(=O)NC(C)C)NCc1ccnn1C. The van der Waals surface area contributed by atoms with Gasteiger partial charge in [-0.2, -0.15) is 5.10 Å². The van der Waals surface area contributed by atoms with Crippen molar-refractivity contribution in [2.45, 2.75) is 38.7 Å². The molecule has 27 heavy (non-hydrogen) atoms. The zero-order valence-electron chi connectivity index (χ0n) is 16.2. The molecule has 2 aromatic rings. The van der Waals surface area contributed by atoms with Gasteiger partial charge in [-0.15, -0.1) is 0 Å². The van der Waals surface area contributed by atoms with E-state index in [-0.39, 0.29) is 11.8 Å². The molecule has 3 N–H and O–H groups in total. The van der Waals surface area contributed by atoms with Gasteiger partial charge in [0.2, 0.25) is 10.0 Å². The Labute approximate surface area is 161 Å². The van der Waals surface area contributed by atoms with Crippen LogP contribution in [0, 0.1) is 0 Å². The highest BCUT2D eigenvalue weighted by Gasteiger charge is 2.15. The third-order valence-electron chi connectivity index (χ3n) is 3.91. The number of benzene rings is 1. The molecule has 1 aromatic carbocycles. The topological polar surface area (TPSA) is 100 Å². The Morgan fingerprint density at radius 3 is 2.41 bits per heavy atom. The van der Waals surface area contributed by atoms with Gasteiger partial charge in [0.25, 0.3) is 0 Å². The van der Waals surface area contributed by atoms with Crippen LogP contribution in [0.5, 0.6) is 0 Å². The molecule has 0 atom stereocenters. The smallest absolute Gasteiger partial charge is 0.216 e. The average molecular weight is 393 g/mol. The zero-order chi connectivity index (χ0) is 19.9. The van der Waals surface area contributed by atoms with Gasteiger partial charge >= 0.3 is 0 Å². The third-order valence-corrected chi connectivity index (χ3v) is 5.43. The summed E-state index contributed by atoms with van der Waals surface area (Å²) in [6.45, 7) is 4.68. The minimum absolute atomic E-state index is 0.0515. The third kappa shape index (κ3) is 6.69. The van der Waals surface area contributed by atoms with E-state index in [0.717, 1.165) is 16.8 Å². The van der Waals surface area contributed by atoms with Gasteiger partial charge in [-0.3, -0.25) is 9.67 Å². The van der Waals surface area contributed by atoms with Gasteiger partial charge in [0.1, 0.15) is 0 Å². The molecule has 2 rings (SSSR count). The summed E-state index contributed by atoms with van der Waals surface area (Å²) < 4.78 is 28.9. The molecule has 0 aliphatic heterocycles. The Balaban J connectivity index is 1.99. The molecule has 0 spiro atoms. The van der Waals surface area contributed by atoms with Crippen LogP contribution in [0.4, 0.5) is 0 Å². The van der Waals surface area contributed by atoms with Crippen molar-refractivity contribution >= 4 is 16.0 Å². The molecule has 148 valence electrons. The molecule has 0 saturated carbocycles. The molecule has 0 amide bonds. The van der Waals surface area contributed by atoms with Gasteiger partial charge in [-0.05, 0) is 31.0 Å². The first-order valence-corrected chi connectivity index (χ1v) is 10.4. The Bertz CT molecular complexity index is 873. The van der Waals surface area contributed by atoms with Gasteiger partial charge < -0.3 is 10.6 Å². The lowest BCUT2D eigenvalue weighted by molar-refractivity contribution is 0.568. The summed E-state index contributed by atoms with van der Waals surface area (Å²) in [4.78, 5) is 4.21. The number of rotatable bonds is 8. The van der Waals surface area contributed by atoms with Crippen molar-refractivity contribution in [2.24, 2.45) is 12.0 Å². The number of hydrogen-bond donors (Lipinski definition) is 3. The van der Waals surface area contributed by atoms with Crippen LogP contribution in [0.25, 0.3) is 0 Å². The van der Waals surface area contributed by atoms with E-state index in [9.17, 15) is 8.42 Å². The van der Waals surface area contributed by atoms with E-state index in [4.69, 9.17) is 0 Å². The number of sulfonamides is 1. The normalized spacial score (nSPS) is 12.4. The van der Waals surface area contributed by atoms with Gasteiger partial charge in [-0.25, -0.2) is 13.1 Å². The lowest BCUT2D eigenvalue weighted by atomic mass is 10.1. The number of aliphatic imine (C=N–C) groups is 1. The highest BCUT2D eigenvalue weighted by Crippen LogP contribution is 2.12. The summed E-state index contributed by atoms with van der Waals surface area (Å²) in [5, 5.41) is 10.6. The minimum atomic E-state index is -3.38. The van der Waals surface area contributed by atoms with Crippen LogP contribution in [0.2, 0.25) is 0 Å². The number of guanidine groups is 1. The highest BCUT2D eigenvalue weighted by molar-refractivity contribution is 7.88. The largest absolute Gasteiger partial charge is 0.352 e. The molecule has 8 nitrogen and oxygen atoms in total. The molecule has 1 aromatic heterocycles. The van der Waals surface area contributed by atoms with Crippen molar-refractivity contribution < 1.29 is 8.42 Å². The van der Waals surface area contributed by atoms with Crippen LogP contribution in [0.15, 0.2) is 41.5 Å². The van der Waals surface area contributed by atoms with Crippen molar-refractivity contribution in [3.63, 3.8) is 0 Å². The second-order valence-electron chi connectivity index (χ2n) is 6.53. The van der Waals surface area contributed by atoms with E-state index in [0.29, 0.717) is 19.0 Å². The summed E-state index contributed by atoms with van der Waals surface area (Å²) >= 11 is 0. The van der Waals surface area contributed by atoms with Gasteiger partial charge in [-0.1, -0.05) is 24.3 Å². The highest BCUT2D eigenvalue weighted by atomic mass is 32.2. The minimum Gasteiger partial charge on any atom is -0.352 e. The van der Waals surface area contributed by atoms with Crippen molar-refractivity contribution in [1.29, 1.82) is 0 Å². The summed E-state index contributed by atoms with van der Waals surface area (Å²) in [6, 6.07) is 9.30.